The van der Waals surface area contributed by atoms with E-state index in [9.17, 15) is 15.0 Å². The lowest BCUT2D eigenvalue weighted by Gasteiger charge is -2.39. The summed E-state index contributed by atoms with van der Waals surface area (Å²) in [6.07, 6.45) is 0. The van der Waals surface area contributed by atoms with Gasteiger partial charge < -0.3 is 14.9 Å². The van der Waals surface area contributed by atoms with Gasteiger partial charge in [0, 0.05) is 26.5 Å². The Bertz CT molecular complexity index is 1220. The van der Waals surface area contributed by atoms with Gasteiger partial charge in [-0.3, -0.25) is 0 Å². The summed E-state index contributed by atoms with van der Waals surface area (Å²) in [5, 5.41) is 21.3. The average Bonchev–Trinajstić information content (AvgIpc) is 2.73. The van der Waals surface area contributed by atoms with Crippen LogP contribution in [0.15, 0.2) is 83.3 Å². The molecule has 1 aliphatic heterocycles. The highest BCUT2D eigenvalue weighted by Crippen LogP contribution is 2.49. The third-order valence-electron chi connectivity index (χ3n) is 5.38. The molecule has 0 saturated carbocycles. The number of cyclic esters (lactones) is 1. The maximum atomic E-state index is 13.1. The van der Waals surface area contributed by atoms with E-state index in [4.69, 9.17) is 4.74 Å². The zero-order valence-corrected chi connectivity index (χ0v) is 16.7. The molecule has 0 saturated heterocycles. The Hall–Kier alpha value is -3.31. The summed E-state index contributed by atoms with van der Waals surface area (Å²) in [7, 11) is 0. The second-order valence-corrected chi connectivity index (χ2v) is 7.84. The van der Waals surface area contributed by atoms with Crippen molar-refractivity contribution >= 4 is 32.7 Å². The number of phenolic OH excluding ortho intramolecular Hbond substituents is 2. The molecule has 29 heavy (non-hydrogen) atoms. The molecule has 5 heteroatoms. The number of hydrogen-bond acceptors (Lipinski definition) is 4. The largest absolute Gasteiger partial charge is 0.508 e. The van der Waals surface area contributed by atoms with Gasteiger partial charge in [-0.05, 0) is 41.8 Å². The number of esters is 1. The molecule has 0 aromatic heterocycles. The quantitative estimate of drug-likeness (QED) is 0.400. The highest BCUT2D eigenvalue weighted by Gasteiger charge is 2.46. The molecule has 5 rings (SSSR count). The van der Waals surface area contributed by atoms with Crippen molar-refractivity contribution in [1.82, 2.24) is 0 Å². The minimum Gasteiger partial charge on any atom is -0.508 e. The molecule has 0 unspecified atom stereocenters. The number of aromatic hydroxyl groups is 2. The zero-order valence-electron chi connectivity index (χ0n) is 15.1. The van der Waals surface area contributed by atoms with E-state index in [2.05, 4.69) is 15.9 Å². The maximum absolute atomic E-state index is 13.1. The lowest BCUT2D eigenvalue weighted by Crippen LogP contribution is -2.38. The van der Waals surface area contributed by atoms with E-state index in [0.29, 0.717) is 16.7 Å². The number of carbonyl (C=O) groups excluding carboxylic acids is 1. The van der Waals surface area contributed by atoms with Gasteiger partial charge in [-0.2, -0.15) is 0 Å². The summed E-state index contributed by atoms with van der Waals surface area (Å²) in [6.45, 7) is 0. The lowest BCUT2D eigenvalue weighted by atomic mass is 9.76. The number of benzene rings is 4. The van der Waals surface area contributed by atoms with Gasteiger partial charge in [0.2, 0.25) is 0 Å². The third-order valence-corrected chi connectivity index (χ3v) is 6.07. The van der Waals surface area contributed by atoms with E-state index in [0.717, 1.165) is 20.8 Å². The summed E-state index contributed by atoms with van der Waals surface area (Å²) in [4.78, 5) is 13.1. The van der Waals surface area contributed by atoms with Crippen LogP contribution in [-0.4, -0.2) is 16.2 Å². The second-order valence-electron chi connectivity index (χ2n) is 6.99. The fraction of sp³-hybridized carbons (Fsp3) is 0.0417. The number of halogens is 1. The Kier molecular flexibility index (Phi) is 3.89. The highest BCUT2D eigenvalue weighted by atomic mass is 79.9. The molecular formula is C24H15BrO4. The van der Waals surface area contributed by atoms with E-state index in [1.165, 1.54) is 0 Å². The molecule has 4 aromatic carbocycles. The van der Waals surface area contributed by atoms with E-state index < -0.39 is 11.6 Å². The number of hydrogen-bond donors (Lipinski definition) is 2. The Balaban J connectivity index is 1.94. The van der Waals surface area contributed by atoms with Gasteiger partial charge in [0.25, 0.3) is 0 Å². The van der Waals surface area contributed by atoms with Gasteiger partial charge in [-0.15, -0.1) is 0 Å². The van der Waals surface area contributed by atoms with Crippen LogP contribution in [0.2, 0.25) is 0 Å². The van der Waals surface area contributed by atoms with Crippen molar-refractivity contribution in [2.75, 3.05) is 0 Å². The van der Waals surface area contributed by atoms with Gasteiger partial charge in [-0.25, -0.2) is 4.79 Å². The summed E-state index contributed by atoms with van der Waals surface area (Å²) in [6, 6.07) is 22.7. The van der Waals surface area contributed by atoms with Crippen LogP contribution >= 0.6 is 15.9 Å². The van der Waals surface area contributed by atoms with Crippen LogP contribution in [0.3, 0.4) is 0 Å². The molecule has 1 heterocycles. The second kappa shape index (κ2) is 6.36. The van der Waals surface area contributed by atoms with Crippen LogP contribution in [0.5, 0.6) is 11.5 Å². The first-order valence-electron chi connectivity index (χ1n) is 9.05. The van der Waals surface area contributed by atoms with Crippen LogP contribution in [0.4, 0.5) is 0 Å². The van der Waals surface area contributed by atoms with Crippen molar-refractivity contribution in [3.63, 3.8) is 0 Å². The van der Waals surface area contributed by atoms with Crippen molar-refractivity contribution in [3.8, 4) is 11.5 Å². The van der Waals surface area contributed by atoms with Crippen molar-refractivity contribution in [2.24, 2.45) is 0 Å². The molecule has 0 fully saturated rings. The average molecular weight is 447 g/mol. The Labute approximate surface area is 175 Å². The monoisotopic (exact) mass is 446 g/mol. The Morgan fingerprint density at radius 1 is 0.759 bits per heavy atom. The summed E-state index contributed by atoms with van der Waals surface area (Å²) < 4.78 is 7.05. The van der Waals surface area contributed by atoms with Crippen LogP contribution < -0.4 is 0 Å². The van der Waals surface area contributed by atoms with Crippen LogP contribution in [-0.2, 0) is 10.3 Å². The number of ether oxygens (including phenoxy) is 1. The van der Waals surface area contributed by atoms with Crippen molar-refractivity contribution < 1.29 is 19.7 Å². The van der Waals surface area contributed by atoms with E-state index in [1.807, 2.05) is 24.3 Å². The first-order chi connectivity index (χ1) is 14.0. The molecule has 0 bridgehead atoms. The molecule has 1 aliphatic rings. The van der Waals surface area contributed by atoms with Gasteiger partial charge in [0.15, 0.2) is 5.60 Å². The van der Waals surface area contributed by atoms with Crippen LogP contribution in [0.25, 0.3) is 10.8 Å². The summed E-state index contributed by atoms with van der Waals surface area (Å²) in [5.41, 5.74) is 1.51. The molecule has 4 nitrogen and oxygen atoms in total. The van der Waals surface area contributed by atoms with Crippen LogP contribution in [0.1, 0.15) is 27.0 Å². The van der Waals surface area contributed by atoms with E-state index in [-0.39, 0.29) is 11.5 Å². The highest BCUT2D eigenvalue weighted by molar-refractivity contribution is 9.10. The van der Waals surface area contributed by atoms with Gasteiger partial charge in [0.1, 0.15) is 11.5 Å². The predicted octanol–water partition coefficient (Wildman–Crippen LogP) is 5.48. The minimum atomic E-state index is -1.22. The van der Waals surface area contributed by atoms with Gasteiger partial charge >= 0.3 is 5.97 Å². The maximum Gasteiger partial charge on any atom is 0.340 e. The smallest absolute Gasteiger partial charge is 0.340 e. The first-order valence-corrected chi connectivity index (χ1v) is 9.84. The summed E-state index contributed by atoms with van der Waals surface area (Å²) >= 11 is 3.59. The van der Waals surface area contributed by atoms with Crippen molar-refractivity contribution in [2.45, 2.75) is 5.60 Å². The molecule has 0 atom stereocenters. The standard InChI is InChI=1S/C24H15BrO4/c25-21-13-12-20-22-18(21)2-1-3-19(22)23(28)29-24(20,14-4-8-16(26)9-5-14)15-6-10-17(27)11-7-15/h1-13,26-27H. The van der Waals surface area contributed by atoms with Gasteiger partial charge in [0.05, 0.1) is 5.56 Å². The fourth-order valence-electron chi connectivity index (χ4n) is 4.07. The Morgan fingerprint density at radius 2 is 1.34 bits per heavy atom. The third kappa shape index (κ3) is 2.54. The lowest BCUT2D eigenvalue weighted by molar-refractivity contribution is 0.0125. The first kappa shape index (κ1) is 17.8. The molecule has 0 amide bonds. The SMILES string of the molecule is O=C1OC(c2ccc(O)cc2)(c2ccc(O)cc2)c2ccc(Br)c3cccc1c23. The molecule has 2 N–H and O–H groups in total. The van der Waals surface area contributed by atoms with Gasteiger partial charge in [-0.1, -0.05) is 58.4 Å². The molecule has 0 aliphatic carbocycles. The van der Waals surface area contributed by atoms with Crippen LogP contribution in [0, 0.1) is 0 Å². The molecule has 142 valence electrons. The zero-order chi connectivity index (χ0) is 20.2. The Morgan fingerprint density at radius 3 is 1.93 bits per heavy atom. The molecule has 4 aromatic rings. The van der Waals surface area contributed by atoms with E-state index >= 15 is 0 Å². The molecule has 0 spiro atoms. The molecule has 0 radical (unpaired) electrons. The number of phenols is 2. The van der Waals surface area contributed by atoms with Crippen molar-refractivity contribution in [1.29, 1.82) is 0 Å². The van der Waals surface area contributed by atoms with Crippen molar-refractivity contribution in [3.05, 3.63) is 106 Å². The molecular weight excluding hydrogens is 432 g/mol. The predicted molar refractivity (Wildman–Crippen MR) is 113 cm³/mol. The summed E-state index contributed by atoms with van der Waals surface area (Å²) in [5.74, 6) is -0.182. The minimum absolute atomic E-state index is 0.123. The topological polar surface area (TPSA) is 66.8 Å². The fourth-order valence-corrected chi connectivity index (χ4v) is 4.53. The van der Waals surface area contributed by atoms with E-state index in [1.54, 1.807) is 54.6 Å². The normalized spacial score (nSPS) is 14.6. The number of carbonyl (C=O) groups is 1. The number of rotatable bonds is 2.